The first-order chi connectivity index (χ1) is 10.3. The molecule has 0 unspecified atom stereocenters. The van der Waals surface area contributed by atoms with Crippen LogP contribution in [0.15, 0.2) is 71.8 Å². The molecule has 0 heterocycles. The van der Waals surface area contributed by atoms with Crippen LogP contribution in [0.4, 0.5) is 0 Å². The second-order valence-electron chi connectivity index (χ2n) is 5.52. The minimum Gasteiger partial charge on any atom is -0.0723 e. The summed E-state index contributed by atoms with van der Waals surface area (Å²) in [6, 6.07) is 19.5. The first-order valence-electron chi connectivity index (χ1n) is 7.91. The van der Waals surface area contributed by atoms with E-state index in [0.717, 1.165) is 19.3 Å². The molecule has 0 aliphatic heterocycles. The summed E-state index contributed by atoms with van der Waals surface area (Å²) in [5.74, 6) is 0. The summed E-state index contributed by atoms with van der Waals surface area (Å²) in [7, 11) is 0. The van der Waals surface area contributed by atoms with Gasteiger partial charge in [0.2, 0.25) is 0 Å². The zero-order chi connectivity index (χ0) is 14.7. The van der Waals surface area contributed by atoms with Crippen molar-refractivity contribution in [2.45, 2.75) is 33.1 Å². The molecule has 0 N–H and O–H groups in total. The Hall–Kier alpha value is -1.37. The molecule has 3 rings (SSSR count). The average molecular weight is 322 g/mol. The molecule has 1 heteroatoms. The Morgan fingerprint density at radius 1 is 0.773 bits per heavy atom. The topological polar surface area (TPSA) is 0 Å². The monoisotopic (exact) mass is 322 g/mol. The maximum Gasteiger partial charge on any atom is 0 e. The summed E-state index contributed by atoms with van der Waals surface area (Å²) >= 11 is 0. The molecule has 0 atom stereocenters. The van der Waals surface area contributed by atoms with E-state index < -0.39 is 0 Å². The Bertz CT molecular complexity index is 693. The van der Waals surface area contributed by atoms with Gasteiger partial charge in [0.1, 0.15) is 0 Å². The number of hydrogen-bond donors (Lipinski definition) is 0. The largest absolute Gasteiger partial charge is 0.0723 e. The molecule has 0 nitrogen and oxygen atoms in total. The molecule has 0 radical (unpaired) electrons. The van der Waals surface area contributed by atoms with E-state index in [9.17, 15) is 0 Å². The average Bonchev–Trinajstić information content (AvgIpc) is 2.98. The molecule has 0 saturated heterocycles. The van der Waals surface area contributed by atoms with Crippen molar-refractivity contribution in [1.82, 2.24) is 0 Å². The number of allylic oxidation sites excluding steroid dienone is 4. The van der Waals surface area contributed by atoms with Crippen LogP contribution in [-0.2, 0) is 21.7 Å². The van der Waals surface area contributed by atoms with E-state index in [1.807, 2.05) is 0 Å². The van der Waals surface area contributed by atoms with Gasteiger partial charge < -0.3 is 0 Å². The van der Waals surface area contributed by atoms with Crippen LogP contribution in [0.1, 0.15) is 38.7 Å². The molecule has 0 saturated carbocycles. The van der Waals surface area contributed by atoms with Crippen molar-refractivity contribution in [3.8, 4) is 11.1 Å². The first kappa shape index (κ1) is 17.0. The van der Waals surface area contributed by atoms with Crippen molar-refractivity contribution in [2.75, 3.05) is 0 Å². The molecule has 1 aliphatic carbocycles. The number of rotatable bonds is 4. The number of hydrogen-bond acceptors (Lipinski definition) is 0. The summed E-state index contributed by atoms with van der Waals surface area (Å²) in [5.41, 5.74) is 8.64. The first-order valence-corrected chi connectivity index (χ1v) is 7.91. The second-order valence-corrected chi connectivity index (χ2v) is 5.52. The summed E-state index contributed by atoms with van der Waals surface area (Å²) in [6.45, 7) is 4.54. The molecular weight excluding hydrogens is 300 g/mol. The quantitative estimate of drug-likeness (QED) is 0.583. The van der Waals surface area contributed by atoms with E-state index in [-0.39, 0.29) is 21.7 Å². The Balaban J connectivity index is 0.00000176. The van der Waals surface area contributed by atoms with Crippen LogP contribution in [0.3, 0.4) is 0 Å². The van der Waals surface area contributed by atoms with Crippen molar-refractivity contribution >= 4 is 5.57 Å². The summed E-state index contributed by atoms with van der Waals surface area (Å²) in [5, 5.41) is 0. The van der Waals surface area contributed by atoms with Gasteiger partial charge in [-0.1, -0.05) is 80.1 Å². The van der Waals surface area contributed by atoms with Crippen LogP contribution >= 0.6 is 0 Å². The molecule has 2 aromatic carbocycles. The standard InChI is InChI=1S/C21H22.Ti/c1-3-16-14-15-21(18(16)4-2)20-13-9-8-12-19(20)17-10-6-5-7-11-17;/h5-13,15H,3-4,14H2,1-2H3;. The summed E-state index contributed by atoms with van der Waals surface area (Å²) < 4.78 is 0. The predicted molar refractivity (Wildman–Crippen MR) is 92.1 cm³/mol. The van der Waals surface area contributed by atoms with Gasteiger partial charge in [0.15, 0.2) is 0 Å². The predicted octanol–water partition coefficient (Wildman–Crippen LogP) is 6.25. The van der Waals surface area contributed by atoms with Gasteiger partial charge >= 0.3 is 0 Å². The fourth-order valence-electron chi connectivity index (χ4n) is 3.32. The zero-order valence-electron chi connectivity index (χ0n) is 13.4. The number of benzene rings is 2. The molecule has 1 aliphatic rings. The fraction of sp³-hybridized carbons (Fsp3) is 0.238. The molecule has 2 aromatic rings. The third-order valence-electron chi connectivity index (χ3n) is 4.39. The van der Waals surface area contributed by atoms with E-state index in [0.29, 0.717) is 0 Å². The van der Waals surface area contributed by atoms with Crippen LogP contribution in [0.2, 0.25) is 0 Å². The molecule has 110 valence electrons. The van der Waals surface area contributed by atoms with Crippen LogP contribution in [0.5, 0.6) is 0 Å². The molecule has 0 amide bonds. The van der Waals surface area contributed by atoms with Gasteiger partial charge in [-0.25, -0.2) is 0 Å². The normalized spacial score (nSPS) is 13.8. The minimum atomic E-state index is 0. The maximum absolute atomic E-state index is 2.42. The molecule has 0 bridgehead atoms. The van der Waals surface area contributed by atoms with Gasteiger partial charge in [-0.2, -0.15) is 0 Å². The van der Waals surface area contributed by atoms with E-state index >= 15 is 0 Å². The van der Waals surface area contributed by atoms with Gasteiger partial charge in [0, 0.05) is 21.7 Å². The van der Waals surface area contributed by atoms with E-state index in [1.165, 1.54) is 22.3 Å². The molecule has 0 aromatic heterocycles. The van der Waals surface area contributed by atoms with E-state index in [1.54, 1.807) is 11.1 Å². The summed E-state index contributed by atoms with van der Waals surface area (Å²) in [6.07, 6.45) is 5.83. The molecule has 22 heavy (non-hydrogen) atoms. The maximum atomic E-state index is 2.42. The van der Waals surface area contributed by atoms with Crippen molar-refractivity contribution in [3.05, 3.63) is 77.4 Å². The van der Waals surface area contributed by atoms with Gasteiger partial charge in [-0.05, 0) is 47.1 Å². The third kappa shape index (κ3) is 3.19. The molecule has 0 fully saturated rings. The fourth-order valence-corrected chi connectivity index (χ4v) is 3.32. The van der Waals surface area contributed by atoms with Crippen molar-refractivity contribution in [3.63, 3.8) is 0 Å². The van der Waals surface area contributed by atoms with Gasteiger partial charge in [0.25, 0.3) is 0 Å². The van der Waals surface area contributed by atoms with Crippen molar-refractivity contribution in [2.24, 2.45) is 0 Å². The van der Waals surface area contributed by atoms with Gasteiger partial charge in [0.05, 0.1) is 0 Å². The van der Waals surface area contributed by atoms with Crippen LogP contribution in [0.25, 0.3) is 16.7 Å². The Morgan fingerprint density at radius 3 is 2.05 bits per heavy atom. The van der Waals surface area contributed by atoms with Gasteiger partial charge in [-0.15, -0.1) is 0 Å². The Morgan fingerprint density at radius 2 is 1.41 bits per heavy atom. The third-order valence-corrected chi connectivity index (χ3v) is 4.39. The zero-order valence-corrected chi connectivity index (χ0v) is 15.0. The van der Waals surface area contributed by atoms with E-state index in [2.05, 4.69) is 74.5 Å². The van der Waals surface area contributed by atoms with E-state index in [4.69, 9.17) is 0 Å². The minimum absolute atomic E-state index is 0. The van der Waals surface area contributed by atoms with Crippen molar-refractivity contribution in [1.29, 1.82) is 0 Å². The van der Waals surface area contributed by atoms with Gasteiger partial charge in [-0.3, -0.25) is 0 Å². The Kier molecular flexibility index (Phi) is 6.00. The SMILES string of the molecule is CCC1=C(CC)C(c2ccccc2-c2ccccc2)=CC1.[Ti]. The Labute approximate surface area is 148 Å². The van der Waals surface area contributed by atoms with Crippen LogP contribution in [-0.4, -0.2) is 0 Å². The summed E-state index contributed by atoms with van der Waals surface area (Å²) in [4.78, 5) is 0. The van der Waals surface area contributed by atoms with Crippen LogP contribution in [0, 0.1) is 0 Å². The smallest absolute Gasteiger partial charge is 0 e. The molecular formula is C21H22Ti. The second kappa shape index (κ2) is 7.76. The molecule has 0 spiro atoms. The van der Waals surface area contributed by atoms with Crippen LogP contribution < -0.4 is 0 Å². The van der Waals surface area contributed by atoms with Crippen molar-refractivity contribution < 1.29 is 21.7 Å².